The van der Waals surface area contributed by atoms with Crippen LogP contribution in [0.25, 0.3) is 11.1 Å². The minimum absolute atomic E-state index is 0.0713. The van der Waals surface area contributed by atoms with Crippen LogP contribution in [0.15, 0.2) is 30.3 Å². The van der Waals surface area contributed by atoms with E-state index in [1.807, 2.05) is 19.9 Å². The number of aryl methyl sites for hydroxylation is 1. The molecule has 0 saturated carbocycles. The maximum atomic E-state index is 10.0. The van der Waals surface area contributed by atoms with Crippen LogP contribution in [-0.4, -0.2) is 15.3 Å². The van der Waals surface area contributed by atoms with E-state index in [0.29, 0.717) is 12.0 Å². The van der Waals surface area contributed by atoms with Gasteiger partial charge in [-0.3, -0.25) is 0 Å². The maximum Gasteiger partial charge on any atom is 0.161 e. The summed E-state index contributed by atoms with van der Waals surface area (Å²) in [5.74, 6) is 0.0322. The Hall–Kier alpha value is -2.16. The van der Waals surface area contributed by atoms with E-state index >= 15 is 0 Å². The zero-order valence-corrected chi connectivity index (χ0v) is 11.1. The van der Waals surface area contributed by atoms with Gasteiger partial charge in [-0.15, -0.1) is 0 Å². The van der Waals surface area contributed by atoms with Crippen LogP contribution in [0.3, 0.4) is 0 Å². The van der Waals surface area contributed by atoms with Crippen molar-refractivity contribution in [3.8, 4) is 28.4 Å². The summed E-state index contributed by atoms with van der Waals surface area (Å²) in [7, 11) is 0. The summed E-state index contributed by atoms with van der Waals surface area (Å²) in [4.78, 5) is 0. The third-order valence-electron chi connectivity index (χ3n) is 3.33. The summed E-state index contributed by atoms with van der Waals surface area (Å²) in [6, 6.07) is 8.54. The molecule has 0 unspecified atom stereocenters. The fourth-order valence-corrected chi connectivity index (χ4v) is 2.42. The Bertz CT molecular complexity index is 603. The molecule has 19 heavy (non-hydrogen) atoms. The minimum Gasteiger partial charge on any atom is -0.508 e. The highest BCUT2D eigenvalue weighted by atomic mass is 16.3. The molecule has 2 rings (SSSR count). The van der Waals surface area contributed by atoms with Crippen molar-refractivity contribution in [2.24, 2.45) is 0 Å². The normalized spacial score (nSPS) is 10.6. The predicted molar refractivity (Wildman–Crippen MR) is 75.6 cm³/mol. The van der Waals surface area contributed by atoms with Crippen molar-refractivity contribution in [2.75, 3.05) is 0 Å². The lowest BCUT2D eigenvalue weighted by Crippen LogP contribution is -1.95. The molecule has 0 heterocycles. The van der Waals surface area contributed by atoms with Gasteiger partial charge in [0.2, 0.25) is 0 Å². The van der Waals surface area contributed by atoms with Crippen molar-refractivity contribution in [3.05, 3.63) is 41.5 Å². The van der Waals surface area contributed by atoms with Crippen LogP contribution in [0, 0.1) is 0 Å². The number of benzene rings is 2. The van der Waals surface area contributed by atoms with E-state index in [9.17, 15) is 15.3 Å². The molecule has 0 spiro atoms. The maximum absolute atomic E-state index is 10.0. The average Bonchev–Trinajstić information content (AvgIpc) is 2.41. The summed E-state index contributed by atoms with van der Waals surface area (Å²) in [6.45, 7) is 3.93. The molecule has 3 N–H and O–H groups in total. The fraction of sp³-hybridized carbons (Fsp3) is 0.250. The van der Waals surface area contributed by atoms with Crippen molar-refractivity contribution in [2.45, 2.75) is 26.7 Å². The Kier molecular flexibility index (Phi) is 3.65. The summed E-state index contributed by atoms with van der Waals surface area (Å²) in [5, 5.41) is 29.4. The van der Waals surface area contributed by atoms with Crippen LogP contribution in [0.4, 0.5) is 0 Å². The Morgan fingerprint density at radius 1 is 0.947 bits per heavy atom. The first-order valence-corrected chi connectivity index (χ1v) is 6.44. The van der Waals surface area contributed by atoms with Gasteiger partial charge in [0.05, 0.1) is 0 Å². The Morgan fingerprint density at radius 2 is 1.68 bits per heavy atom. The van der Waals surface area contributed by atoms with Crippen molar-refractivity contribution in [1.29, 1.82) is 0 Å². The highest BCUT2D eigenvalue weighted by molar-refractivity contribution is 5.76. The first kappa shape index (κ1) is 13.3. The second-order valence-corrected chi connectivity index (χ2v) is 4.51. The van der Waals surface area contributed by atoms with Gasteiger partial charge in [-0.2, -0.15) is 0 Å². The number of hydrogen-bond acceptors (Lipinski definition) is 3. The van der Waals surface area contributed by atoms with Gasteiger partial charge in [0.15, 0.2) is 11.5 Å². The molecule has 0 aliphatic carbocycles. The molecule has 3 heteroatoms. The molecular formula is C16H18O3. The van der Waals surface area contributed by atoms with E-state index in [-0.39, 0.29) is 17.2 Å². The SMILES string of the molecule is CCc1cc(O)c(O)c(CC)c1-c1cccc(O)c1. The van der Waals surface area contributed by atoms with Gasteiger partial charge in [-0.25, -0.2) is 0 Å². The molecule has 2 aromatic carbocycles. The van der Waals surface area contributed by atoms with Crippen molar-refractivity contribution in [1.82, 2.24) is 0 Å². The van der Waals surface area contributed by atoms with Crippen LogP contribution in [0.5, 0.6) is 17.2 Å². The molecule has 0 fully saturated rings. The molecular weight excluding hydrogens is 240 g/mol. The van der Waals surface area contributed by atoms with Crippen LogP contribution in [-0.2, 0) is 12.8 Å². The number of phenolic OH excluding ortho intramolecular Hbond substituents is 3. The molecule has 0 bridgehead atoms. The van der Waals surface area contributed by atoms with Gasteiger partial charge >= 0.3 is 0 Å². The average molecular weight is 258 g/mol. The fourth-order valence-electron chi connectivity index (χ4n) is 2.42. The summed E-state index contributed by atoms with van der Waals surface area (Å²) in [6.07, 6.45) is 1.35. The lowest BCUT2D eigenvalue weighted by atomic mass is 9.90. The van der Waals surface area contributed by atoms with Crippen LogP contribution < -0.4 is 0 Å². The number of phenols is 3. The Morgan fingerprint density at radius 3 is 2.26 bits per heavy atom. The highest BCUT2D eigenvalue weighted by Gasteiger charge is 2.16. The molecule has 3 nitrogen and oxygen atoms in total. The van der Waals surface area contributed by atoms with Gasteiger partial charge in [0, 0.05) is 5.56 Å². The smallest absolute Gasteiger partial charge is 0.161 e. The quantitative estimate of drug-likeness (QED) is 0.737. The minimum atomic E-state index is -0.0856. The predicted octanol–water partition coefficient (Wildman–Crippen LogP) is 3.60. The Labute approximate surface area is 112 Å². The standard InChI is InChI=1S/C16H18O3/c1-3-10-9-14(18)16(19)13(4-2)15(10)11-6-5-7-12(17)8-11/h5-9,17-19H,3-4H2,1-2H3. The van der Waals surface area contributed by atoms with E-state index in [0.717, 1.165) is 23.1 Å². The van der Waals surface area contributed by atoms with Crippen LogP contribution in [0.1, 0.15) is 25.0 Å². The monoisotopic (exact) mass is 258 g/mol. The molecule has 0 atom stereocenters. The first-order chi connectivity index (χ1) is 9.08. The van der Waals surface area contributed by atoms with E-state index in [1.165, 1.54) is 0 Å². The van der Waals surface area contributed by atoms with Gasteiger partial charge in [0.25, 0.3) is 0 Å². The van der Waals surface area contributed by atoms with Crippen molar-refractivity contribution >= 4 is 0 Å². The van der Waals surface area contributed by atoms with Crippen molar-refractivity contribution < 1.29 is 15.3 Å². The molecule has 100 valence electrons. The zero-order valence-electron chi connectivity index (χ0n) is 11.1. The number of aromatic hydroxyl groups is 3. The summed E-state index contributed by atoms with van der Waals surface area (Å²) >= 11 is 0. The number of hydrogen-bond donors (Lipinski definition) is 3. The zero-order chi connectivity index (χ0) is 14.0. The Balaban J connectivity index is 2.77. The van der Waals surface area contributed by atoms with Gasteiger partial charge in [0.1, 0.15) is 5.75 Å². The second-order valence-electron chi connectivity index (χ2n) is 4.51. The summed E-state index contributed by atoms with van der Waals surface area (Å²) in [5.41, 5.74) is 3.42. The van der Waals surface area contributed by atoms with E-state index in [4.69, 9.17) is 0 Å². The molecule has 0 aliphatic rings. The van der Waals surface area contributed by atoms with Crippen LogP contribution >= 0.6 is 0 Å². The van der Waals surface area contributed by atoms with Gasteiger partial charge in [-0.05, 0) is 47.7 Å². The molecule has 0 saturated heterocycles. The van der Waals surface area contributed by atoms with E-state index in [1.54, 1.807) is 24.3 Å². The molecule has 0 aliphatic heterocycles. The third kappa shape index (κ3) is 2.36. The summed E-state index contributed by atoms with van der Waals surface area (Å²) < 4.78 is 0. The van der Waals surface area contributed by atoms with Gasteiger partial charge in [-0.1, -0.05) is 26.0 Å². The van der Waals surface area contributed by atoms with Gasteiger partial charge < -0.3 is 15.3 Å². The van der Waals surface area contributed by atoms with E-state index in [2.05, 4.69) is 0 Å². The highest BCUT2D eigenvalue weighted by Crippen LogP contribution is 2.40. The first-order valence-electron chi connectivity index (χ1n) is 6.44. The lowest BCUT2D eigenvalue weighted by molar-refractivity contribution is 0.399. The molecule has 0 amide bonds. The molecule has 0 aromatic heterocycles. The molecule has 2 aromatic rings. The largest absolute Gasteiger partial charge is 0.508 e. The van der Waals surface area contributed by atoms with E-state index < -0.39 is 0 Å². The molecule has 0 radical (unpaired) electrons. The third-order valence-corrected chi connectivity index (χ3v) is 3.33. The van der Waals surface area contributed by atoms with Crippen LogP contribution in [0.2, 0.25) is 0 Å². The topological polar surface area (TPSA) is 60.7 Å². The second kappa shape index (κ2) is 5.22. The number of rotatable bonds is 3. The lowest BCUT2D eigenvalue weighted by Gasteiger charge is -2.16. The van der Waals surface area contributed by atoms with Crippen molar-refractivity contribution in [3.63, 3.8) is 0 Å².